The molecule has 9 nitrogen and oxygen atoms in total. The van der Waals surface area contributed by atoms with Crippen molar-refractivity contribution in [2.45, 2.75) is 23.9 Å². The van der Waals surface area contributed by atoms with Crippen LogP contribution in [0.3, 0.4) is 0 Å². The first-order valence-electron chi connectivity index (χ1n) is 10.5. The van der Waals surface area contributed by atoms with Gasteiger partial charge in [-0.15, -0.1) is 0 Å². The van der Waals surface area contributed by atoms with Gasteiger partial charge in [-0.05, 0) is 72.3 Å². The Morgan fingerprint density at radius 1 is 1.18 bits per heavy atom. The Bertz CT molecular complexity index is 1350. The Balaban J connectivity index is 0.000000192. The van der Waals surface area contributed by atoms with Gasteiger partial charge in [0.25, 0.3) is 10.1 Å². The molecule has 34 heavy (non-hydrogen) atoms. The van der Waals surface area contributed by atoms with Gasteiger partial charge in [-0.25, -0.2) is 0 Å². The molecule has 1 amide bonds. The number of methoxy groups -OCH3 is 1. The van der Waals surface area contributed by atoms with Crippen molar-refractivity contribution in [1.82, 2.24) is 10.2 Å². The Labute approximate surface area is 198 Å². The lowest BCUT2D eigenvalue weighted by Gasteiger charge is -2.18. The van der Waals surface area contributed by atoms with Gasteiger partial charge in [-0.2, -0.15) is 13.7 Å². The number of nitrogens with zero attached hydrogens (tertiary/aromatic N) is 2. The lowest BCUT2D eigenvalue weighted by molar-refractivity contribution is -0.129. The average Bonchev–Trinajstić information content (AvgIpc) is 3.18. The third-order valence-electron chi connectivity index (χ3n) is 5.60. The molecule has 1 atom stereocenters. The van der Waals surface area contributed by atoms with Gasteiger partial charge >= 0.3 is 0 Å². The molecular weight excluding hydrogens is 456 g/mol. The van der Waals surface area contributed by atoms with Crippen molar-refractivity contribution in [1.29, 1.82) is 5.26 Å². The van der Waals surface area contributed by atoms with E-state index in [1.807, 2.05) is 6.07 Å². The minimum Gasteiger partial charge on any atom is -0.497 e. The molecule has 0 bridgehead atoms. The minimum atomic E-state index is -4.15. The zero-order valence-electron chi connectivity index (χ0n) is 18.9. The highest BCUT2D eigenvalue weighted by Crippen LogP contribution is 2.23. The van der Waals surface area contributed by atoms with Gasteiger partial charge in [0.1, 0.15) is 5.75 Å². The number of carbonyl (C=O) groups excluding carboxylic acids is 1. The van der Waals surface area contributed by atoms with Gasteiger partial charge in [-0.1, -0.05) is 12.1 Å². The van der Waals surface area contributed by atoms with E-state index in [1.54, 1.807) is 48.3 Å². The summed E-state index contributed by atoms with van der Waals surface area (Å²) in [6, 6.07) is 16.9. The molecule has 1 unspecified atom stereocenters. The first-order chi connectivity index (χ1) is 16.2. The van der Waals surface area contributed by atoms with Crippen LogP contribution in [0.2, 0.25) is 0 Å². The third-order valence-corrected chi connectivity index (χ3v) is 6.45. The van der Waals surface area contributed by atoms with E-state index >= 15 is 0 Å². The molecule has 4 N–H and O–H groups in total. The van der Waals surface area contributed by atoms with E-state index in [0.717, 1.165) is 23.9 Å². The molecule has 0 radical (unpaired) electrons. The Hall–Kier alpha value is -3.65. The maximum Gasteiger partial charge on any atom is 0.294 e. The number of anilines is 1. The first-order valence-corrected chi connectivity index (χ1v) is 11.9. The second-order valence-corrected chi connectivity index (χ2v) is 9.19. The quantitative estimate of drug-likeness (QED) is 0.371. The zero-order valence-corrected chi connectivity index (χ0v) is 19.7. The Morgan fingerprint density at radius 3 is 2.53 bits per heavy atom. The number of amides is 1. The zero-order chi connectivity index (χ0) is 24.9. The van der Waals surface area contributed by atoms with Gasteiger partial charge in [0.15, 0.2) is 0 Å². The number of benzene rings is 3. The van der Waals surface area contributed by atoms with Gasteiger partial charge in [0.2, 0.25) is 5.91 Å². The van der Waals surface area contributed by atoms with Crippen LogP contribution in [0.4, 0.5) is 5.69 Å². The van der Waals surface area contributed by atoms with E-state index in [2.05, 4.69) is 11.4 Å². The normalized spacial score (nSPS) is 15.5. The highest BCUT2D eigenvalue weighted by molar-refractivity contribution is 7.85. The van der Waals surface area contributed by atoms with Crippen LogP contribution >= 0.6 is 0 Å². The maximum atomic E-state index is 12.0. The van der Waals surface area contributed by atoms with Crippen LogP contribution in [0.15, 0.2) is 59.5 Å². The molecule has 1 aliphatic heterocycles. The number of carbonyl (C=O) groups is 1. The number of hydrogen-bond acceptors (Lipinski definition) is 7. The SMILES string of the molecule is CNC1CCN(Cc2cc(C#N)ccc2N)C1=O.COc1ccc2ccc(S(=O)(=O)O)cc2c1. The highest BCUT2D eigenvalue weighted by Gasteiger charge is 2.30. The number of hydrogen-bond donors (Lipinski definition) is 3. The molecule has 178 valence electrons. The summed E-state index contributed by atoms with van der Waals surface area (Å²) in [6.45, 7) is 1.19. The number of nitrogens with two attached hydrogens (primary N) is 1. The summed E-state index contributed by atoms with van der Waals surface area (Å²) in [5, 5.41) is 13.4. The fourth-order valence-electron chi connectivity index (χ4n) is 3.67. The topological polar surface area (TPSA) is 146 Å². The van der Waals surface area contributed by atoms with Gasteiger partial charge in [0, 0.05) is 18.8 Å². The van der Waals surface area contributed by atoms with Crippen molar-refractivity contribution < 1.29 is 22.5 Å². The summed E-state index contributed by atoms with van der Waals surface area (Å²) in [5.41, 5.74) is 7.89. The summed E-state index contributed by atoms with van der Waals surface area (Å²) in [5.74, 6) is 0.735. The third kappa shape index (κ3) is 5.82. The standard InChI is InChI=1S/C13H16N4O.C11H10O4S/c1-16-12-4-5-17(13(12)18)8-10-6-9(7-14)2-3-11(10)15;1-15-10-4-2-8-3-5-11(16(12,13)14)7-9(8)6-10/h2-3,6,12,16H,4-5,8,15H2,1H3;2-7H,1H3,(H,12,13,14). The van der Waals surface area contributed by atoms with Crippen LogP contribution in [0.1, 0.15) is 17.5 Å². The predicted octanol–water partition coefficient (Wildman–Crippen LogP) is 2.56. The summed E-state index contributed by atoms with van der Waals surface area (Å²) >= 11 is 0. The van der Waals surface area contributed by atoms with Crippen molar-refractivity contribution in [3.05, 3.63) is 65.7 Å². The number of fused-ring (bicyclic) bond motifs is 1. The fraction of sp³-hybridized carbons (Fsp3) is 0.250. The smallest absolute Gasteiger partial charge is 0.294 e. The van der Waals surface area contributed by atoms with Crippen LogP contribution in [0, 0.1) is 11.3 Å². The van der Waals surface area contributed by atoms with Crippen molar-refractivity contribution in [3.63, 3.8) is 0 Å². The molecule has 1 heterocycles. The molecule has 0 saturated carbocycles. The fourth-order valence-corrected chi connectivity index (χ4v) is 4.19. The molecular formula is C24H26N4O5S. The second kappa shape index (κ2) is 10.5. The summed E-state index contributed by atoms with van der Waals surface area (Å²) in [6.07, 6.45) is 0.813. The molecule has 10 heteroatoms. The van der Waals surface area contributed by atoms with E-state index in [0.29, 0.717) is 28.9 Å². The molecule has 0 aromatic heterocycles. The van der Waals surface area contributed by atoms with Crippen molar-refractivity contribution in [2.75, 3.05) is 26.4 Å². The second-order valence-electron chi connectivity index (χ2n) is 7.77. The number of likely N-dealkylation sites (N-methyl/N-ethyl adjacent to an activating group) is 1. The highest BCUT2D eigenvalue weighted by atomic mass is 32.2. The van der Waals surface area contributed by atoms with Crippen LogP contribution in [-0.4, -0.2) is 50.5 Å². The number of rotatable bonds is 5. The molecule has 3 aromatic carbocycles. The van der Waals surface area contributed by atoms with E-state index in [-0.39, 0.29) is 16.8 Å². The molecule has 3 aromatic rings. The lowest BCUT2D eigenvalue weighted by Crippen LogP contribution is -2.36. The monoisotopic (exact) mass is 482 g/mol. The van der Waals surface area contributed by atoms with E-state index in [9.17, 15) is 13.2 Å². The van der Waals surface area contributed by atoms with Crippen molar-refractivity contribution in [3.8, 4) is 11.8 Å². The molecule has 1 aliphatic rings. The van der Waals surface area contributed by atoms with Gasteiger partial charge in [-0.3, -0.25) is 9.35 Å². The number of ether oxygens (including phenoxy) is 1. The Morgan fingerprint density at radius 2 is 1.91 bits per heavy atom. The summed E-state index contributed by atoms with van der Waals surface area (Å²) in [7, 11) is -0.831. The van der Waals surface area contributed by atoms with Crippen LogP contribution in [-0.2, 0) is 21.5 Å². The van der Waals surface area contributed by atoms with Gasteiger partial charge < -0.3 is 20.7 Å². The van der Waals surface area contributed by atoms with Crippen LogP contribution in [0.25, 0.3) is 10.8 Å². The number of nitriles is 1. The van der Waals surface area contributed by atoms with Gasteiger partial charge in [0.05, 0.1) is 29.7 Å². The van der Waals surface area contributed by atoms with E-state index < -0.39 is 10.1 Å². The predicted molar refractivity (Wildman–Crippen MR) is 129 cm³/mol. The summed E-state index contributed by atoms with van der Waals surface area (Å²) in [4.78, 5) is 13.6. The van der Waals surface area contributed by atoms with Crippen molar-refractivity contribution >= 4 is 32.5 Å². The first kappa shape index (κ1) is 25.0. The minimum absolute atomic E-state index is 0.0922. The molecule has 0 spiro atoms. The number of nitrogen functional groups attached to an aromatic ring is 1. The van der Waals surface area contributed by atoms with Crippen molar-refractivity contribution in [2.24, 2.45) is 0 Å². The lowest BCUT2D eigenvalue weighted by atomic mass is 10.1. The van der Waals surface area contributed by atoms with Crippen LogP contribution in [0.5, 0.6) is 5.75 Å². The molecule has 1 fully saturated rings. The average molecular weight is 483 g/mol. The molecule has 1 saturated heterocycles. The van der Waals surface area contributed by atoms with E-state index in [1.165, 1.54) is 19.2 Å². The number of likely N-dealkylation sites (tertiary alicyclic amines) is 1. The number of nitrogens with one attached hydrogen (secondary N) is 1. The van der Waals surface area contributed by atoms with Crippen LogP contribution < -0.4 is 15.8 Å². The van der Waals surface area contributed by atoms with E-state index in [4.69, 9.17) is 20.3 Å². The largest absolute Gasteiger partial charge is 0.497 e. The Kier molecular flexibility index (Phi) is 7.73. The molecule has 0 aliphatic carbocycles. The maximum absolute atomic E-state index is 12.0. The summed E-state index contributed by atoms with van der Waals surface area (Å²) < 4.78 is 35.9. The molecule has 4 rings (SSSR count).